The summed E-state index contributed by atoms with van der Waals surface area (Å²) in [6, 6.07) is -8.95. The fourth-order valence-corrected chi connectivity index (χ4v) is 6.89. The highest BCUT2D eigenvalue weighted by Crippen LogP contribution is 2.21. The number of nitrogens with zero attached hydrogens (tertiary/aromatic N) is 2. The number of aliphatic hydroxyl groups is 3. The third-order valence-electron chi connectivity index (χ3n) is 9.96. The highest BCUT2D eigenvalue weighted by Gasteiger charge is 2.42. The number of nitrogens with two attached hydrogens (primary N) is 1. The van der Waals surface area contributed by atoms with E-state index in [9.17, 15) is 53.7 Å². The molecule has 13 N–H and O–H groups in total. The normalized spacial score (nSPS) is 21.1. The van der Waals surface area contributed by atoms with Crippen LogP contribution in [0.2, 0.25) is 0 Å². The van der Waals surface area contributed by atoms with Crippen molar-refractivity contribution in [2.45, 2.75) is 154 Å². The van der Waals surface area contributed by atoms with Gasteiger partial charge in [-0.25, -0.2) is 0 Å². The van der Waals surface area contributed by atoms with E-state index in [0.717, 1.165) is 6.42 Å². The maximum Gasteiger partial charge on any atom is 0.248 e. The van der Waals surface area contributed by atoms with Crippen LogP contribution in [0.4, 0.5) is 0 Å². The van der Waals surface area contributed by atoms with Crippen LogP contribution >= 0.6 is 0 Å². The van der Waals surface area contributed by atoms with Crippen LogP contribution in [0.15, 0.2) is 0 Å². The van der Waals surface area contributed by atoms with Gasteiger partial charge < -0.3 is 63.2 Å². The van der Waals surface area contributed by atoms with E-state index in [1.807, 2.05) is 13.8 Å². The number of nitrogens with one attached hydrogen (secondary N) is 5. The van der Waals surface area contributed by atoms with E-state index in [4.69, 9.17) is 5.73 Å². The topological polar surface area (TPSA) is 318 Å². The number of carbonyl (C=O) groups is 8. The predicted octanol–water partition coefficient (Wildman–Crippen LogP) is -4.50. The highest BCUT2D eigenvalue weighted by atomic mass is 16.3. The Kier molecular flexibility index (Phi) is 19.1. The lowest BCUT2D eigenvalue weighted by atomic mass is 10.0. The molecule has 10 atom stereocenters. The molecule has 0 bridgehead atoms. The van der Waals surface area contributed by atoms with E-state index in [0.29, 0.717) is 45.2 Å². The van der Waals surface area contributed by atoms with E-state index >= 15 is 0 Å². The molecule has 2 fully saturated rings. The van der Waals surface area contributed by atoms with E-state index in [1.54, 1.807) is 0 Å². The maximum atomic E-state index is 13.9. The summed E-state index contributed by atoms with van der Waals surface area (Å²) in [7, 11) is 0. The van der Waals surface area contributed by atoms with Crippen LogP contribution in [0.5, 0.6) is 0 Å². The zero-order valence-electron chi connectivity index (χ0n) is 33.4. The van der Waals surface area contributed by atoms with Gasteiger partial charge in [-0.05, 0) is 78.1 Å². The van der Waals surface area contributed by atoms with Gasteiger partial charge in [0.2, 0.25) is 47.3 Å². The molecule has 2 heterocycles. The number of hydrogen-bond acceptors (Lipinski definition) is 11. The summed E-state index contributed by atoms with van der Waals surface area (Å²) in [5.74, 6) is -6.05. The Hall–Kier alpha value is -4.40. The molecule has 0 unspecified atom stereocenters. The molecule has 0 aromatic heterocycles. The Bertz CT molecular complexity index is 1410. The van der Waals surface area contributed by atoms with Crippen LogP contribution in [-0.2, 0) is 38.4 Å². The van der Waals surface area contributed by atoms with E-state index in [1.165, 1.54) is 37.5 Å². The van der Waals surface area contributed by atoms with Gasteiger partial charge in [-0.2, -0.15) is 0 Å². The second-order valence-electron chi connectivity index (χ2n) is 15.2. The lowest BCUT2D eigenvalue weighted by Gasteiger charge is -2.32. The minimum absolute atomic E-state index is 0.0562. The molecule has 8 amide bonds. The molecule has 0 saturated carbocycles. The fourth-order valence-electron chi connectivity index (χ4n) is 6.89. The molecule has 0 aliphatic carbocycles. The molecule has 0 spiro atoms. The molecule has 0 radical (unpaired) electrons. The van der Waals surface area contributed by atoms with Crippen molar-refractivity contribution in [3.8, 4) is 0 Å². The second-order valence-corrected chi connectivity index (χ2v) is 15.2. The number of quaternary nitrogens is 1. The summed E-state index contributed by atoms with van der Waals surface area (Å²) < 4.78 is 0. The van der Waals surface area contributed by atoms with Gasteiger partial charge >= 0.3 is 0 Å². The minimum Gasteiger partial charge on any atom is -0.391 e. The van der Waals surface area contributed by atoms with Crippen LogP contribution in [0, 0.1) is 5.92 Å². The van der Waals surface area contributed by atoms with Crippen LogP contribution in [0.3, 0.4) is 0 Å². The van der Waals surface area contributed by atoms with Gasteiger partial charge in [-0.1, -0.05) is 13.8 Å². The molecular formula is C36H64N9O11+. The standard InChI is InChI=1S/C36H63N9O11/c1-18(2)17-24(31(51)39-23(30(38)50)11-7-8-14-37)40-32(52)26-13-10-16-45(26)36(56)29(21(5)48)43-35(55)28(20(4)47)42-34(54)27(19(3)46)41-33(53)25-12-9-15-44(25)22(6)49/h18-21,23-29,46-48H,7-17,37H2,1-6H3,(H2,38,50)(H,39,51)(H,40,52)(H,41,53)(H,42,54)(H,43,55)/p+1/t19-,20-,21-,23+,24+,25+,26+,27+,28+,29+/m1/s1. The van der Waals surface area contributed by atoms with E-state index < -0.39 is 102 Å². The Labute approximate surface area is 327 Å². The first-order valence-corrected chi connectivity index (χ1v) is 19.4. The van der Waals surface area contributed by atoms with Crippen molar-refractivity contribution < 1.29 is 59.4 Å². The molecule has 20 heteroatoms. The Morgan fingerprint density at radius 3 is 1.62 bits per heavy atom. The molecule has 318 valence electrons. The summed E-state index contributed by atoms with van der Waals surface area (Å²) in [6.45, 7) is 9.70. The lowest BCUT2D eigenvalue weighted by Crippen LogP contribution is -2.64. The highest BCUT2D eigenvalue weighted by molar-refractivity contribution is 5.98. The van der Waals surface area contributed by atoms with Gasteiger partial charge in [0, 0.05) is 20.0 Å². The van der Waals surface area contributed by atoms with Crippen molar-refractivity contribution in [3.63, 3.8) is 0 Å². The molecular weight excluding hydrogens is 734 g/mol. The minimum atomic E-state index is -1.73. The average Bonchev–Trinajstić information content (AvgIpc) is 3.81. The molecule has 2 aliphatic heterocycles. The van der Waals surface area contributed by atoms with Gasteiger partial charge in [0.15, 0.2) is 0 Å². The first-order valence-electron chi connectivity index (χ1n) is 19.4. The summed E-state index contributed by atoms with van der Waals surface area (Å²) in [5, 5.41) is 43.9. The van der Waals surface area contributed by atoms with Crippen LogP contribution in [-0.4, -0.2) is 153 Å². The summed E-state index contributed by atoms with van der Waals surface area (Å²) in [5.41, 5.74) is 9.29. The Morgan fingerprint density at radius 1 is 0.661 bits per heavy atom. The molecule has 2 saturated heterocycles. The average molecular weight is 799 g/mol. The molecule has 56 heavy (non-hydrogen) atoms. The number of amides is 8. The van der Waals surface area contributed by atoms with Gasteiger partial charge in [0.25, 0.3) is 0 Å². The number of carbonyl (C=O) groups excluding carboxylic acids is 8. The lowest BCUT2D eigenvalue weighted by molar-refractivity contribution is -0.368. The number of rotatable bonds is 21. The summed E-state index contributed by atoms with van der Waals surface area (Å²) >= 11 is 0. The number of primary amides is 1. The van der Waals surface area contributed by atoms with Crippen LogP contribution in [0.25, 0.3) is 0 Å². The van der Waals surface area contributed by atoms with Crippen molar-refractivity contribution in [1.82, 2.24) is 36.4 Å². The number of aliphatic hydroxyl groups excluding tert-OH is 3. The van der Waals surface area contributed by atoms with Crippen LogP contribution < -0.4 is 38.1 Å². The Morgan fingerprint density at radius 2 is 1.14 bits per heavy atom. The zero-order chi connectivity index (χ0) is 42.4. The smallest absolute Gasteiger partial charge is 0.248 e. The van der Waals surface area contributed by atoms with Gasteiger partial charge in [0.05, 0.1) is 24.9 Å². The first-order chi connectivity index (χ1) is 26.2. The van der Waals surface area contributed by atoms with E-state index in [-0.39, 0.29) is 31.2 Å². The monoisotopic (exact) mass is 798 g/mol. The van der Waals surface area contributed by atoms with Crippen molar-refractivity contribution in [2.24, 2.45) is 11.7 Å². The van der Waals surface area contributed by atoms with Gasteiger partial charge in [0.1, 0.15) is 42.3 Å². The molecule has 2 aliphatic rings. The number of likely N-dealkylation sites (tertiary alicyclic amines) is 2. The van der Waals surface area contributed by atoms with Crippen molar-refractivity contribution in [3.05, 3.63) is 0 Å². The number of unbranched alkanes of at least 4 members (excludes halogenated alkanes) is 1. The molecule has 20 nitrogen and oxygen atoms in total. The maximum absolute atomic E-state index is 13.9. The number of hydrogen-bond donors (Lipinski definition) is 10. The SMILES string of the molecule is CC(=O)N1CCC[C@H]1C(=O)N[C@H](C(=O)N[C@H](C(=O)N[C@H](C(=O)N1CCC[C@H]1C(=O)N[C@@H](CC(C)C)C(=O)N[C@@H](CCCC[NH3+])C(N)=O)[C@@H](C)O)[C@@H](C)O)[C@@H](C)O. The molecule has 0 aromatic rings. The van der Waals surface area contributed by atoms with Crippen molar-refractivity contribution in [2.75, 3.05) is 19.6 Å². The quantitative estimate of drug-likeness (QED) is 0.0494. The molecule has 2 rings (SSSR count). The van der Waals surface area contributed by atoms with Gasteiger partial charge in [-0.15, -0.1) is 0 Å². The van der Waals surface area contributed by atoms with E-state index in [2.05, 4.69) is 32.3 Å². The summed E-state index contributed by atoms with van der Waals surface area (Å²) in [4.78, 5) is 107. The summed E-state index contributed by atoms with van der Waals surface area (Å²) in [6.07, 6.45) is -1.22. The zero-order valence-corrected chi connectivity index (χ0v) is 33.4. The van der Waals surface area contributed by atoms with Gasteiger partial charge in [-0.3, -0.25) is 38.4 Å². The van der Waals surface area contributed by atoms with Crippen LogP contribution in [0.1, 0.15) is 92.9 Å². The van der Waals surface area contributed by atoms with Crippen molar-refractivity contribution in [1.29, 1.82) is 0 Å². The fraction of sp³-hybridized carbons (Fsp3) is 0.778. The second kappa shape index (κ2) is 22.4. The largest absolute Gasteiger partial charge is 0.391 e. The van der Waals surface area contributed by atoms with Crippen molar-refractivity contribution >= 4 is 47.3 Å². The predicted molar refractivity (Wildman–Crippen MR) is 200 cm³/mol. The first kappa shape index (κ1) is 47.8. The third-order valence-corrected chi connectivity index (χ3v) is 9.96. The third kappa shape index (κ3) is 13.7. The Balaban J connectivity index is 2.20. The molecule has 0 aromatic carbocycles.